The molecule has 0 saturated carbocycles. The Hall–Kier alpha value is -2.24. The summed E-state index contributed by atoms with van der Waals surface area (Å²) in [4.78, 5) is 23.8. The number of hydrogen-bond acceptors (Lipinski definition) is 7. The standard InChI is InChI=1S/C17H25N3O7S/c1-17(2,3)27-16(22)18-8-9-19(11-13(10-18)12-21)28(25,26)15-7-5-4-6-14(15)20(23)24/h4-7,13,21H,8-12H2,1-3H3. The topological polar surface area (TPSA) is 130 Å². The van der Waals surface area contributed by atoms with Crippen molar-refractivity contribution in [3.8, 4) is 0 Å². The lowest BCUT2D eigenvalue weighted by Crippen LogP contribution is -2.40. The van der Waals surface area contributed by atoms with Crippen molar-refractivity contribution in [3.05, 3.63) is 34.4 Å². The fraction of sp³-hybridized carbons (Fsp3) is 0.588. The predicted octanol–water partition coefficient (Wildman–Crippen LogP) is 1.44. The third-order valence-corrected chi connectivity index (χ3v) is 6.06. The number of aliphatic hydroxyl groups excluding tert-OH is 1. The number of benzene rings is 1. The van der Waals surface area contributed by atoms with Crippen LogP contribution in [0.15, 0.2) is 29.2 Å². The van der Waals surface area contributed by atoms with E-state index in [2.05, 4.69) is 0 Å². The molecule has 1 atom stereocenters. The lowest BCUT2D eigenvalue weighted by molar-refractivity contribution is -0.387. The molecule has 1 fully saturated rings. The van der Waals surface area contributed by atoms with Gasteiger partial charge in [0.15, 0.2) is 4.90 Å². The van der Waals surface area contributed by atoms with Crippen LogP contribution in [0.25, 0.3) is 0 Å². The molecule has 1 aliphatic heterocycles. The number of carbonyl (C=O) groups is 1. The average Bonchev–Trinajstić information content (AvgIpc) is 2.83. The molecule has 11 heteroatoms. The van der Waals surface area contributed by atoms with Crippen molar-refractivity contribution in [3.63, 3.8) is 0 Å². The number of para-hydroxylation sites is 1. The number of rotatable bonds is 4. The summed E-state index contributed by atoms with van der Waals surface area (Å²) < 4.78 is 32.5. The molecular formula is C17H25N3O7S. The van der Waals surface area contributed by atoms with Crippen LogP contribution in [0.5, 0.6) is 0 Å². The molecule has 1 aliphatic rings. The fourth-order valence-corrected chi connectivity index (χ4v) is 4.53. The molecule has 1 aromatic carbocycles. The van der Waals surface area contributed by atoms with Crippen LogP contribution < -0.4 is 0 Å². The summed E-state index contributed by atoms with van der Waals surface area (Å²) in [6.07, 6.45) is -0.601. The first-order valence-electron chi connectivity index (χ1n) is 8.78. The van der Waals surface area contributed by atoms with E-state index in [9.17, 15) is 28.4 Å². The molecule has 1 heterocycles. The van der Waals surface area contributed by atoms with E-state index >= 15 is 0 Å². The maximum atomic E-state index is 13.0. The summed E-state index contributed by atoms with van der Waals surface area (Å²) in [7, 11) is -4.19. The van der Waals surface area contributed by atoms with Crippen LogP contribution in [-0.2, 0) is 14.8 Å². The molecule has 0 spiro atoms. The number of carbonyl (C=O) groups excluding carboxylic acids is 1. The first-order chi connectivity index (χ1) is 13.0. The lowest BCUT2D eigenvalue weighted by atomic mass is 10.1. The van der Waals surface area contributed by atoms with Crippen LogP contribution in [0.4, 0.5) is 10.5 Å². The highest BCUT2D eigenvalue weighted by molar-refractivity contribution is 7.89. The number of nitro groups is 1. The van der Waals surface area contributed by atoms with Crippen molar-refractivity contribution in [1.82, 2.24) is 9.21 Å². The highest BCUT2D eigenvalue weighted by Gasteiger charge is 2.36. The Bertz CT molecular complexity index is 835. The maximum absolute atomic E-state index is 13.0. The third-order valence-electron chi connectivity index (χ3n) is 4.15. The Morgan fingerprint density at radius 1 is 1.29 bits per heavy atom. The Balaban J connectivity index is 2.30. The molecule has 0 radical (unpaired) electrons. The second-order valence-corrected chi connectivity index (χ2v) is 9.47. The average molecular weight is 415 g/mol. The van der Waals surface area contributed by atoms with E-state index < -0.39 is 43.1 Å². The van der Waals surface area contributed by atoms with Crippen molar-refractivity contribution < 1.29 is 28.0 Å². The SMILES string of the molecule is CC(C)(C)OC(=O)N1CCN(S(=O)(=O)c2ccccc2[N+](=O)[O-])CC(CO)C1. The van der Waals surface area contributed by atoms with Gasteiger partial charge in [0.1, 0.15) is 5.60 Å². The van der Waals surface area contributed by atoms with Crippen LogP contribution in [0.1, 0.15) is 20.8 Å². The van der Waals surface area contributed by atoms with E-state index in [1.807, 2.05) is 0 Å². The van der Waals surface area contributed by atoms with Gasteiger partial charge in [-0.3, -0.25) is 10.1 Å². The van der Waals surface area contributed by atoms with Crippen molar-refractivity contribution in [2.24, 2.45) is 5.92 Å². The van der Waals surface area contributed by atoms with Crippen LogP contribution in [0.3, 0.4) is 0 Å². The molecule has 1 N–H and O–H groups in total. The Labute approximate surface area is 163 Å². The van der Waals surface area contributed by atoms with E-state index in [-0.39, 0.29) is 32.8 Å². The normalized spacial score (nSPS) is 19.1. The number of aliphatic hydroxyl groups is 1. The zero-order chi connectivity index (χ0) is 21.1. The quantitative estimate of drug-likeness (QED) is 0.582. The van der Waals surface area contributed by atoms with Crippen molar-refractivity contribution in [1.29, 1.82) is 0 Å². The van der Waals surface area contributed by atoms with Gasteiger partial charge in [0.25, 0.3) is 5.69 Å². The number of amides is 1. The molecule has 2 rings (SSSR count). The molecule has 1 amide bonds. The minimum atomic E-state index is -4.19. The molecule has 1 aromatic rings. The molecule has 1 saturated heterocycles. The molecule has 28 heavy (non-hydrogen) atoms. The Morgan fingerprint density at radius 3 is 2.50 bits per heavy atom. The Kier molecular flexibility index (Phi) is 6.63. The predicted molar refractivity (Wildman–Crippen MR) is 100 cm³/mol. The van der Waals surface area contributed by atoms with Gasteiger partial charge in [0.2, 0.25) is 10.0 Å². The second-order valence-electron chi connectivity index (χ2n) is 7.56. The first kappa shape index (κ1) is 22.1. The fourth-order valence-electron chi connectivity index (χ4n) is 2.86. The number of ether oxygens (including phenoxy) is 1. The van der Waals surface area contributed by atoms with Gasteiger partial charge in [0.05, 0.1) is 4.92 Å². The van der Waals surface area contributed by atoms with E-state index in [0.29, 0.717) is 0 Å². The lowest BCUT2D eigenvalue weighted by Gasteiger charge is -2.27. The van der Waals surface area contributed by atoms with Crippen LogP contribution in [0, 0.1) is 16.0 Å². The van der Waals surface area contributed by atoms with Crippen molar-refractivity contribution in [2.75, 3.05) is 32.8 Å². The maximum Gasteiger partial charge on any atom is 0.410 e. The molecule has 0 bridgehead atoms. The molecule has 10 nitrogen and oxygen atoms in total. The highest BCUT2D eigenvalue weighted by Crippen LogP contribution is 2.28. The van der Waals surface area contributed by atoms with Crippen LogP contribution in [-0.4, -0.2) is 72.1 Å². The molecule has 156 valence electrons. The second kappa shape index (κ2) is 8.41. The molecule has 0 aromatic heterocycles. The summed E-state index contributed by atoms with van der Waals surface area (Å²) in [5, 5.41) is 20.9. The van der Waals surface area contributed by atoms with Crippen LogP contribution in [0.2, 0.25) is 0 Å². The summed E-state index contributed by atoms with van der Waals surface area (Å²) in [6.45, 7) is 4.85. The summed E-state index contributed by atoms with van der Waals surface area (Å²) in [5.41, 5.74) is -1.23. The summed E-state index contributed by atoms with van der Waals surface area (Å²) in [5.74, 6) is -0.549. The van der Waals surface area contributed by atoms with Gasteiger partial charge in [-0.15, -0.1) is 0 Å². The van der Waals surface area contributed by atoms with Gasteiger partial charge >= 0.3 is 6.09 Å². The summed E-state index contributed by atoms with van der Waals surface area (Å²) >= 11 is 0. The third kappa shape index (κ3) is 5.18. The molecule has 0 aliphatic carbocycles. The van der Waals surface area contributed by atoms with Crippen molar-refractivity contribution in [2.45, 2.75) is 31.3 Å². The van der Waals surface area contributed by atoms with Crippen LogP contribution >= 0.6 is 0 Å². The van der Waals surface area contributed by atoms with Gasteiger partial charge in [-0.05, 0) is 26.8 Å². The molecular weight excluding hydrogens is 390 g/mol. The first-order valence-corrected chi connectivity index (χ1v) is 10.2. The Morgan fingerprint density at radius 2 is 1.93 bits per heavy atom. The van der Waals surface area contributed by atoms with Gasteiger partial charge in [-0.2, -0.15) is 4.31 Å². The molecule has 1 unspecified atom stereocenters. The van der Waals surface area contributed by atoms with E-state index in [1.165, 1.54) is 23.1 Å². The number of nitro benzene ring substituents is 1. The van der Waals surface area contributed by atoms with E-state index in [1.54, 1.807) is 20.8 Å². The smallest absolute Gasteiger partial charge is 0.410 e. The van der Waals surface area contributed by atoms with Crippen molar-refractivity contribution >= 4 is 21.8 Å². The zero-order valence-corrected chi connectivity index (χ0v) is 16.9. The van der Waals surface area contributed by atoms with Gasteiger partial charge in [-0.25, -0.2) is 13.2 Å². The van der Waals surface area contributed by atoms with E-state index in [4.69, 9.17) is 4.74 Å². The zero-order valence-electron chi connectivity index (χ0n) is 16.1. The minimum Gasteiger partial charge on any atom is -0.444 e. The van der Waals surface area contributed by atoms with Gasteiger partial charge in [0, 0.05) is 44.8 Å². The highest BCUT2D eigenvalue weighted by atomic mass is 32.2. The summed E-state index contributed by atoms with van der Waals surface area (Å²) in [6, 6.07) is 5.10. The monoisotopic (exact) mass is 415 g/mol. The van der Waals surface area contributed by atoms with Gasteiger partial charge in [-0.1, -0.05) is 12.1 Å². The van der Waals surface area contributed by atoms with Gasteiger partial charge < -0.3 is 14.7 Å². The minimum absolute atomic E-state index is 0.0469. The number of hydrogen-bond donors (Lipinski definition) is 1. The number of sulfonamides is 1. The largest absolute Gasteiger partial charge is 0.444 e. The number of nitrogens with zero attached hydrogens (tertiary/aromatic N) is 3. The van der Waals surface area contributed by atoms with E-state index in [0.717, 1.165) is 10.4 Å².